The van der Waals surface area contributed by atoms with E-state index in [1.165, 1.54) is 10.9 Å². The first-order valence-electron chi connectivity index (χ1n) is 6.10. The van der Waals surface area contributed by atoms with E-state index in [4.69, 9.17) is 4.42 Å². The summed E-state index contributed by atoms with van der Waals surface area (Å²) in [5.74, 6) is -0.0878. The van der Waals surface area contributed by atoms with Gasteiger partial charge in [0, 0.05) is 0 Å². The Kier molecular flexibility index (Phi) is 3.94. The largest absolute Gasteiger partial charge is 0.481 e. The van der Waals surface area contributed by atoms with Crippen molar-refractivity contribution in [2.75, 3.05) is 0 Å². The molecule has 7 nitrogen and oxygen atoms in total. The van der Waals surface area contributed by atoms with Crippen LogP contribution >= 0.6 is 0 Å². The number of nitrogens with zero attached hydrogens (tertiary/aromatic N) is 4. The first kappa shape index (κ1) is 13.3. The molecule has 2 aromatic rings. The Morgan fingerprint density at radius 2 is 2.32 bits per heavy atom. The van der Waals surface area contributed by atoms with Gasteiger partial charge in [0.25, 0.3) is 0 Å². The minimum atomic E-state index is -0.838. The summed E-state index contributed by atoms with van der Waals surface area (Å²) in [7, 11) is 0. The highest BCUT2D eigenvalue weighted by molar-refractivity contribution is 5.69. The second-order valence-electron chi connectivity index (χ2n) is 4.83. The van der Waals surface area contributed by atoms with Crippen LogP contribution in [0.25, 0.3) is 11.6 Å². The van der Waals surface area contributed by atoms with Gasteiger partial charge >= 0.3 is 5.97 Å². The number of tetrazole rings is 1. The molecule has 2 aromatic heterocycles. The highest BCUT2D eigenvalue weighted by Crippen LogP contribution is 2.19. The Morgan fingerprint density at radius 1 is 1.53 bits per heavy atom. The Morgan fingerprint density at radius 3 is 2.89 bits per heavy atom. The second-order valence-corrected chi connectivity index (χ2v) is 4.83. The van der Waals surface area contributed by atoms with Crippen LogP contribution in [0.3, 0.4) is 0 Å². The van der Waals surface area contributed by atoms with Crippen LogP contribution in [0, 0.1) is 11.8 Å². The Balaban J connectivity index is 2.18. The van der Waals surface area contributed by atoms with Gasteiger partial charge in [-0.05, 0) is 34.9 Å². The molecule has 1 unspecified atom stereocenters. The van der Waals surface area contributed by atoms with E-state index >= 15 is 0 Å². The number of furan rings is 1. The molecule has 19 heavy (non-hydrogen) atoms. The molecule has 0 bridgehead atoms. The Labute approximate surface area is 110 Å². The van der Waals surface area contributed by atoms with Crippen molar-refractivity contribution in [2.24, 2.45) is 11.8 Å². The van der Waals surface area contributed by atoms with Gasteiger partial charge in [0.1, 0.15) is 0 Å². The van der Waals surface area contributed by atoms with Gasteiger partial charge in [-0.1, -0.05) is 13.8 Å². The number of carbonyl (C=O) groups is 1. The van der Waals surface area contributed by atoms with Gasteiger partial charge in [-0.2, -0.15) is 0 Å². The molecule has 0 spiro atoms. The maximum absolute atomic E-state index is 11.3. The van der Waals surface area contributed by atoms with Crippen LogP contribution in [0.1, 0.15) is 20.3 Å². The third kappa shape index (κ3) is 3.18. The first-order chi connectivity index (χ1) is 9.08. The molecule has 0 fully saturated rings. The molecule has 0 aliphatic rings. The number of aromatic nitrogens is 4. The highest BCUT2D eigenvalue weighted by atomic mass is 16.4. The van der Waals surface area contributed by atoms with Gasteiger partial charge in [0.2, 0.25) is 5.82 Å². The maximum atomic E-state index is 11.3. The van der Waals surface area contributed by atoms with Crippen LogP contribution in [0.4, 0.5) is 0 Å². The van der Waals surface area contributed by atoms with E-state index in [9.17, 15) is 9.90 Å². The fourth-order valence-electron chi connectivity index (χ4n) is 1.94. The molecule has 0 saturated heterocycles. The Hall–Kier alpha value is -2.18. The normalized spacial score (nSPS) is 12.8. The van der Waals surface area contributed by atoms with Crippen molar-refractivity contribution < 1.29 is 14.3 Å². The van der Waals surface area contributed by atoms with Gasteiger partial charge in [-0.25, -0.2) is 4.68 Å². The molecule has 0 saturated carbocycles. The summed E-state index contributed by atoms with van der Waals surface area (Å²) in [6.07, 6.45) is 2.10. The molecule has 1 N–H and O–H groups in total. The summed E-state index contributed by atoms with van der Waals surface area (Å²) in [6.45, 7) is 4.21. The van der Waals surface area contributed by atoms with Gasteiger partial charge in [-0.3, -0.25) is 4.79 Å². The molecule has 2 heterocycles. The van der Waals surface area contributed by atoms with Gasteiger partial charge in [0.15, 0.2) is 5.76 Å². The Bertz CT molecular complexity index is 533. The van der Waals surface area contributed by atoms with Crippen LogP contribution in [-0.4, -0.2) is 31.3 Å². The van der Waals surface area contributed by atoms with E-state index in [0.717, 1.165) is 0 Å². The predicted molar refractivity (Wildman–Crippen MR) is 66.1 cm³/mol. The van der Waals surface area contributed by atoms with Crippen molar-refractivity contribution in [3.8, 4) is 11.6 Å². The van der Waals surface area contributed by atoms with E-state index < -0.39 is 11.9 Å². The van der Waals surface area contributed by atoms with Crippen molar-refractivity contribution in [3.05, 3.63) is 18.4 Å². The van der Waals surface area contributed by atoms with Crippen molar-refractivity contribution in [2.45, 2.75) is 26.8 Å². The quantitative estimate of drug-likeness (QED) is 0.853. The summed E-state index contributed by atoms with van der Waals surface area (Å²) in [5, 5.41) is 20.5. The van der Waals surface area contributed by atoms with Crippen LogP contribution in [-0.2, 0) is 11.3 Å². The van der Waals surface area contributed by atoms with Crippen molar-refractivity contribution in [1.82, 2.24) is 20.2 Å². The molecular formula is C12H16N4O3. The molecule has 0 aromatic carbocycles. The molecule has 0 amide bonds. The minimum absolute atomic E-state index is 0.233. The lowest BCUT2D eigenvalue weighted by atomic mass is 9.97. The maximum Gasteiger partial charge on any atom is 0.308 e. The predicted octanol–water partition coefficient (Wildman–Crippen LogP) is 1.68. The van der Waals surface area contributed by atoms with Crippen LogP contribution < -0.4 is 0 Å². The SMILES string of the molecule is CC(C)CC(Cn1nnnc1-c1ccco1)C(=O)O. The van der Waals surface area contributed by atoms with Crippen LogP contribution in [0.5, 0.6) is 0 Å². The molecule has 0 aliphatic carbocycles. The standard InChI is InChI=1S/C12H16N4O3/c1-8(2)6-9(12(17)18)7-16-11(13-14-15-16)10-4-3-5-19-10/h3-5,8-9H,6-7H2,1-2H3,(H,17,18). The molecule has 0 aliphatic heterocycles. The third-order valence-corrected chi connectivity index (χ3v) is 2.77. The van der Waals surface area contributed by atoms with Crippen molar-refractivity contribution >= 4 is 5.97 Å². The summed E-state index contributed by atoms with van der Waals surface area (Å²) >= 11 is 0. The number of carboxylic acids is 1. The minimum Gasteiger partial charge on any atom is -0.481 e. The van der Waals surface area contributed by atoms with Gasteiger partial charge in [0.05, 0.1) is 18.7 Å². The topological polar surface area (TPSA) is 94.0 Å². The number of hydrogen-bond acceptors (Lipinski definition) is 5. The molecule has 102 valence electrons. The fourth-order valence-corrected chi connectivity index (χ4v) is 1.94. The lowest BCUT2D eigenvalue weighted by molar-refractivity contribution is -0.142. The lowest BCUT2D eigenvalue weighted by Gasteiger charge is -2.14. The second kappa shape index (κ2) is 5.64. The smallest absolute Gasteiger partial charge is 0.308 e. The number of rotatable bonds is 6. The average molecular weight is 264 g/mol. The molecule has 1 atom stereocenters. The summed E-state index contributed by atoms with van der Waals surface area (Å²) in [5.41, 5.74) is 0. The number of hydrogen-bond donors (Lipinski definition) is 1. The van der Waals surface area contributed by atoms with E-state index in [2.05, 4.69) is 15.5 Å². The molecular weight excluding hydrogens is 248 g/mol. The van der Waals surface area contributed by atoms with Crippen LogP contribution in [0.15, 0.2) is 22.8 Å². The zero-order valence-corrected chi connectivity index (χ0v) is 10.9. The lowest BCUT2D eigenvalue weighted by Crippen LogP contribution is -2.23. The van der Waals surface area contributed by atoms with Gasteiger partial charge in [-0.15, -0.1) is 5.10 Å². The van der Waals surface area contributed by atoms with Crippen molar-refractivity contribution in [1.29, 1.82) is 0 Å². The van der Waals surface area contributed by atoms with Crippen LogP contribution in [0.2, 0.25) is 0 Å². The summed E-state index contributed by atoms with van der Waals surface area (Å²) in [6, 6.07) is 3.47. The molecule has 7 heteroatoms. The van der Waals surface area contributed by atoms with E-state index in [0.29, 0.717) is 23.9 Å². The highest BCUT2D eigenvalue weighted by Gasteiger charge is 2.22. The zero-order chi connectivity index (χ0) is 13.8. The molecule has 2 rings (SSSR count). The first-order valence-corrected chi connectivity index (χ1v) is 6.10. The van der Waals surface area contributed by atoms with Crippen molar-refractivity contribution in [3.63, 3.8) is 0 Å². The van der Waals surface area contributed by atoms with E-state index in [1.807, 2.05) is 13.8 Å². The number of carboxylic acid groups (broad SMARTS) is 1. The summed E-state index contributed by atoms with van der Waals surface area (Å²) in [4.78, 5) is 11.3. The van der Waals surface area contributed by atoms with E-state index in [1.54, 1.807) is 12.1 Å². The van der Waals surface area contributed by atoms with E-state index in [-0.39, 0.29) is 6.54 Å². The monoisotopic (exact) mass is 264 g/mol. The van der Waals surface area contributed by atoms with Gasteiger partial charge < -0.3 is 9.52 Å². The fraction of sp³-hybridized carbons (Fsp3) is 0.500. The molecule has 0 radical (unpaired) electrons. The average Bonchev–Trinajstić information content (AvgIpc) is 2.96. The zero-order valence-electron chi connectivity index (χ0n) is 10.9. The summed E-state index contributed by atoms with van der Waals surface area (Å²) < 4.78 is 6.70. The third-order valence-electron chi connectivity index (χ3n) is 2.77. The number of aliphatic carboxylic acids is 1.